The predicted octanol–water partition coefficient (Wildman–Crippen LogP) is 1.98. The second-order valence-corrected chi connectivity index (χ2v) is 7.28. The van der Waals surface area contributed by atoms with Crippen LogP contribution in [-0.4, -0.2) is 72.5 Å². The molecular formula is C19H28IN7OS. The Morgan fingerprint density at radius 1 is 1.21 bits per heavy atom. The topological polar surface area (TPSA) is 85.7 Å². The summed E-state index contributed by atoms with van der Waals surface area (Å²) in [4.78, 5) is 30.6. The lowest BCUT2D eigenvalue weighted by Crippen LogP contribution is -2.52. The Kier molecular flexibility index (Phi) is 9.58. The molecule has 1 fully saturated rings. The molecular weight excluding hydrogens is 501 g/mol. The Morgan fingerprint density at radius 2 is 2.00 bits per heavy atom. The van der Waals surface area contributed by atoms with Crippen molar-refractivity contribution >= 4 is 53.0 Å². The molecule has 3 heterocycles. The number of carbonyl (C=O) groups excluding carboxylic acids is 1. The smallest absolute Gasteiger partial charge is 0.263 e. The summed E-state index contributed by atoms with van der Waals surface area (Å²) in [7, 11) is 0. The van der Waals surface area contributed by atoms with E-state index in [2.05, 4.69) is 42.3 Å². The number of piperazine rings is 1. The lowest BCUT2D eigenvalue weighted by molar-refractivity contribution is 0.0958. The number of rotatable bonds is 6. The van der Waals surface area contributed by atoms with Crippen molar-refractivity contribution in [3.05, 3.63) is 40.5 Å². The monoisotopic (exact) mass is 529 g/mol. The van der Waals surface area contributed by atoms with Crippen molar-refractivity contribution in [1.82, 2.24) is 25.5 Å². The molecule has 0 atom stereocenters. The van der Waals surface area contributed by atoms with Gasteiger partial charge in [0.2, 0.25) is 0 Å². The van der Waals surface area contributed by atoms with Crippen LogP contribution in [0.4, 0.5) is 5.82 Å². The maximum absolute atomic E-state index is 12.1. The van der Waals surface area contributed by atoms with Gasteiger partial charge in [-0.1, -0.05) is 6.07 Å². The molecule has 2 aromatic rings. The first-order chi connectivity index (χ1) is 13.7. The molecule has 8 nitrogen and oxygen atoms in total. The minimum Gasteiger partial charge on any atom is -0.357 e. The quantitative estimate of drug-likeness (QED) is 0.258. The van der Waals surface area contributed by atoms with E-state index < -0.39 is 0 Å². The highest BCUT2D eigenvalue weighted by atomic mass is 127. The van der Waals surface area contributed by atoms with Crippen LogP contribution in [0.1, 0.15) is 22.3 Å². The van der Waals surface area contributed by atoms with E-state index in [-0.39, 0.29) is 29.9 Å². The molecule has 0 saturated carbocycles. The third-order valence-corrected chi connectivity index (χ3v) is 5.43. The summed E-state index contributed by atoms with van der Waals surface area (Å²) in [6.07, 6.45) is 1.83. The number of aromatic nitrogens is 2. The SMILES string of the molecule is CCNC(=NCCNC(=O)c1scnc1C)N1CCN(c2ccccn2)CC1.I. The number of aryl methyl sites for hydroxylation is 1. The molecule has 3 rings (SSSR count). The number of hydrogen-bond donors (Lipinski definition) is 2. The molecule has 2 N–H and O–H groups in total. The highest BCUT2D eigenvalue weighted by molar-refractivity contribution is 14.0. The average molecular weight is 529 g/mol. The molecule has 0 radical (unpaired) electrons. The molecule has 29 heavy (non-hydrogen) atoms. The van der Waals surface area contributed by atoms with Crippen LogP contribution < -0.4 is 15.5 Å². The molecule has 1 amide bonds. The second kappa shape index (κ2) is 11.9. The highest BCUT2D eigenvalue weighted by Gasteiger charge is 2.20. The average Bonchev–Trinajstić information content (AvgIpc) is 3.17. The van der Waals surface area contributed by atoms with Crippen LogP contribution in [0.3, 0.4) is 0 Å². The van der Waals surface area contributed by atoms with Crippen molar-refractivity contribution in [3.63, 3.8) is 0 Å². The first-order valence-electron chi connectivity index (χ1n) is 9.56. The van der Waals surface area contributed by atoms with Crippen molar-refractivity contribution in [3.8, 4) is 0 Å². The summed E-state index contributed by atoms with van der Waals surface area (Å²) in [5.41, 5.74) is 2.46. The van der Waals surface area contributed by atoms with E-state index >= 15 is 0 Å². The molecule has 10 heteroatoms. The summed E-state index contributed by atoms with van der Waals surface area (Å²) >= 11 is 1.36. The van der Waals surface area contributed by atoms with Gasteiger partial charge in [0.1, 0.15) is 10.7 Å². The maximum atomic E-state index is 12.1. The van der Waals surface area contributed by atoms with Gasteiger partial charge in [-0.05, 0) is 26.0 Å². The molecule has 0 spiro atoms. The molecule has 2 aromatic heterocycles. The van der Waals surface area contributed by atoms with Crippen molar-refractivity contribution in [1.29, 1.82) is 0 Å². The predicted molar refractivity (Wildman–Crippen MR) is 129 cm³/mol. The number of aliphatic imine (C=N–C) groups is 1. The first-order valence-corrected chi connectivity index (χ1v) is 10.4. The third-order valence-electron chi connectivity index (χ3n) is 4.50. The number of halogens is 1. The van der Waals surface area contributed by atoms with E-state index in [0.717, 1.165) is 50.2 Å². The van der Waals surface area contributed by atoms with Crippen LogP contribution in [0.2, 0.25) is 0 Å². The minimum absolute atomic E-state index is 0. The van der Waals surface area contributed by atoms with E-state index in [1.807, 2.05) is 31.3 Å². The standard InChI is InChI=1S/C19H27N7OS.HI/c1-3-20-19(23-9-8-22-18(27)17-15(2)24-14-28-17)26-12-10-25(11-13-26)16-6-4-5-7-21-16;/h4-7,14H,3,8-13H2,1-2H3,(H,20,23)(H,22,27);1H. The third kappa shape index (κ3) is 6.53. The molecule has 0 aliphatic carbocycles. The number of thiazole rings is 1. The molecule has 1 saturated heterocycles. The van der Waals surface area contributed by atoms with Gasteiger partial charge in [-0.2, -0.15) is 0 Å². The van der Waals surface area contributed by atoms with Crippen LogP contribution >= 0.6 is 35.3 Å². The van der Waals surface area contributed by atoms with Gasteiger partial charge in [0.25, 0.3) is 5.91 Å². The number of carbonyl (C=O) groups is 1. The van der Waals surface area contributed by atoms with E-state index in [1.165, 1.54) is 11.3 Å². The molecule has 0 unspecified atom stereocenters. The van der Waals surface area contributed by atoms with E-state index in [4.69, 9.17) is 0 Å². The van der Waals surface area contributed by atoms with Gasteiger partial charge in [0, 0.05) is 45.5 Å². The fourth-order valence-electron chi connectivity index (χ4n) is 3.05. The fraction of sp³-hybridized carbons (Fsp3) is 0.474. The van der Waals surface area contributed by atoms with Gasteiger partial charge in [-0.15, -0.1) is 35.3 Å². The Bertz CT molecular complexity index is 791. The lowest BCUT2D eigenvalue weighted by atomic mass is 10.3. The zero-order chi connectivity index (χ0) is 19.8. The molecule has 1 aliphatic rings. The van der Waals surface area contributed by atoms with Crippen LogP contribution in [0, 0.1) is 6.92 Å². The number of hydrogen-bond acceptors (Lipinski definition) is 6. The summed E-state index contributed by atoms with van der Waals surface area (Å²) < 4.78 is 0. The lowest BCUT2D eigenvalue weighted by Gasteiger charge is -2.37. The first kappa shape index (κ1) is 23.3. The Morgan fingerprint density at radius 3 is 2.62 bits per heavy atom. The van der Waals surface area contributed by atoms with E-state index in [0.29, 0.717) is 18.0 Å². The zero-order valence-corrected chi connectivity index (χ0v) is 19.9. The second-order valence-electron chi connectivity index (χ2n) is 6.42. The number of amides is 1. The van der Waals surface area contributed by atoms with Crippen LogP contribution in [0.25, 0.3) is 0 Å². The number of nitrogens with zero attached hydrogens (tertiary/aromatic N) is 5. The van der Waals surface area contributed by atoms with Gasteiger partial charge in [0.15, 0.2) is 5.96 Å². The number of pyridine rings is 1. The highest BCUT2D eigenvalue weighted by Crippen LogP contribution is 2.13. The van der Waals surface area contributed by atoms with Gasteiger partial charge in [-0.25, -0.2) is 9.97 Å². The summed E-state index contributed by atoms with van der Waals surface area (Å²) in [5.74, 6) is 1.83. The minimum atomic E-state index is -0.0795. The molecule has 1 aliphatic heterocycles. The van der Waals surface area contributed by atoms with Crippen molar-refractivity contribution in [2.45, 2.75) is 13.8 Å². The van der Waals surface area contributed by atoms with Crippen molar-refractivity contribution in [2.24, 2.45) is 4.99 Å². The van der Waals surface area contributed by atoms with Gasteiger partial charge >= 0.3 is 0 Å². The van der Waals surface area contributed by atoms with Gasteiger partial charge in [0.05, 0.1) is 17.7 Å². The maximum Gasteiger partial charge on any atom is 0.263 e. The van der Waals surface area contributed by atoms with Crippen LogP contribution in [-0.2, 0) is 0 Å². The van der Waals surface area contributed by atoms with Gasteiger partial charge in [-0.3, -0.25) is 9.79 Å². The molecule has 0 bridgehead atoms. The fourth-order valence-corrected chi connectivity index (χ4v) is 3.76. The number of guanidine groups is 1. The number of nitrogens with one attached hydrogen (secondary N) is 2. The van der Waals surface area contributed by atoms with E-state index in [9.17, 15) is 4.79 Å². The Balaban J connectivity index is 0.00000300. The van der Waals surface area contributed by atoms with E-state index in [1.54, 1.807) is 5.51 Å². The zero-order valence-electron chi connectivity index (χ0n) is 16.8. The van der Waals surface area contributed by atoms with Crippen molar-refractivity contribution < 1.29 is 4.79 Å². The summed E-state index contributed by atoms with van der Waals surface area (Å²) in [6.45, 7) is 9.33. The van der Waals surface area contributed by atoms with Crippen LogP contribution in [0.15, 0.2) is 34.9 Å². The van der Waals surface area contributed by atoms with Gasteiger partial charge < -0.3 is 20.4 Å². The van der Waals surface area contributed by atoms with Crippen LogP contribution in [0.5, 0.6) is 0 Å². The number of anilines is 1. The Hall–Kier alpha value is -1.95. The normalized spacial score (nSPS) is 14.3. The summed E-state index contributed by atoms with van der Waals surface area (Å²) in [5, 5.41) is 6.27. The molecule has 158 valence electrons. The molecule has 0 aromatic carbocycles. The van der Waals surface area contributed by atoms with Crippen molar-refractivity contribution in [2.75, 3.05) is 50.7 Å². The Labute approximate surface area is 192 Å². The summed E-state index contributed by atoms with van der Waals surface area (Å²) in [6, 6.07) is 6.00. The largest absolute Gasteiger partial charge is 0.357 e.